The van der Waals surface area contributed by atoms with E-state index in [0.29, 0.717) is 12.6 Å². The second-order valence-electron chi connectivity index (χ2n) is 4.18. The van der Waals surface area contributed by atoms with Crippen LogP contribution >= 0.6 is 0 Å². The number of aromatic nitrogens is 4. The van der Waals surface area contributed by atoms with Crippen molar-refractivity contribution in [2.24, 2.45) is 0 Å². The fourth-order valence-corrected chi connectivity index (χ4v) is 1.80. The number of nitriles is 2. The first-order valence-electron chi connectivity index (χ1n) is 5.53. The summed E-state index contributed by atoms with van der Waals surface area (Å²) in [4.78, 5) is 8.01. The van der Waals surface area contributed by atoms with E-state index in [2.05, 4.69) is 23.8 Å². The maximum atomic E-state index is 9.04. The molecule has 0 N–H and O–H groups in total. The number of rotatable bonds is 3. The van der Waals surface area contributed by atoms with Gasteiger partial charge in [-0.3, -0.25) is 0 Å². The molecule has 0 bridgehead atoms. The van der Waals surface area contributed by atoms with Gasteiger partial charge in [-0.1, -0.05) is 0 Å². The number of nitrogens with zero attached hydrogens (tertiary/aromatic N) is 6. The van der Waals surface area contributed by atoms with E-state index < -0.39 is 0 Å². The molecule has 0 unspecified atom stereocenters. The molecule has 2 heterocycles. The van der Waals surface area contributed by atoms with Crippen molar-refractivity contribution in [3.05, 3.63) is 35.9 Å². The van der Waals surface area contributed by atoms with Gasteiger partial charge in [-0.25, -0.2) is 9.97 Å². The van der Waals surface area contributed by atoms with Crippen LogP contribution < -0.4 is 0 Å². The van der Waals surface area contributed by atoms with Gasteiger partial charge in [0, 0.05) is 12.2 Å². The number of hydrogen-bond acceptors (Lipinski definition) is 4. The predicted octanol–water partition coefficient (Wildman–Crippen LogP) is 1.45. The third kappa shape index (κ3) is 1.96. The summed E-state index contributed by atoms with van der Waals surface area (Å²) in [6.45, 7) is 4.60. The Morgan fingerprint density at radius 2 is 2.06 bits per heavy atom. The first-order chi connectivity index (χ1) is 8.67. The zero-order chi connectivity index (χ0) is 13.1. The third-order valence-corrected chi connectivity index (χ3v) is 2.68. The molecule has 0 aromatic carbocycles. The van der Waals surface area contributed by atoms with E-state index in [0.717, 1.165) is 5.69 Å². The molecule has 0 amide bonds. The van der Waals surface area contributed by atoms with Crippen LogP contribution in [0.2, 0.25) is 0 Å². The van der Waals surface area contributed by atoms with Gasteiger partial charge in [0.15, 0.2) is 11.4 Å². The maximum Gasteiger partial charge on any atom is 0.176 e. The Morgan fingerprint density at radius 1 is 1.28 bits per heavy atom. The zero-order valence-electron chi connectivity index (χ0n) is 10.2. The summed E-state index contributed by atoms with van der Waals surface area (Å²) in [6.07, 6.45) is 5.02. The Hall–Kier alpha value is -2.60. The van der Waals surface area contributed by atoms with Crippen molar-refractivity contribution >= 4 is 0 Å². The molecule has 0 radical (unpaired) electrons. The highest BCUT2D eigenvalue weighted by molar-refractivity contribution is 5.36. The van der Waals surface area contributed by atoms with Gasteiger partial charge in [0.05, 0.1) is 24.9 Å². The van der Waals surface area contributed by atoms with Crippen LogP contribution in [-0.2, 0) is 6.54 Å². The van der Waals surface area contributed by atoms with Crippen molar-refractivity contribution in [2.75, 3.05) is 0 Å². The lowest BCUT2D eigenvalue weighted by Gasteiger charge is -2.12. The number of imidazole rings is 2. The lowest BCUT2D eigenvalue weighted by Crippen LogP contribution is -2.09. The zero-order valence-corrected chi connectivity index (χ0v) is 10.2. The fraction of sp³-hybridized carbons (Fsp3) is 0.333. The summed E-state index contributed by atoms with van der Waals surface area (Å²) in [6, 6.07) is 4.21. The summed E-state index contributed by atoms with van der Waals surface area (Å²) in [5.41, 5.74) is 1.42. The minimum Gasteiger partial charge on any atom is -0.330 e. The van der Waals surface area contributed by atoms with E-state index in [-0.39, 0.29) is 11.4 Å². The molecule has 0 fully saturated rings. The van der Waals surface area contributed by atoms with Crippen molar-refractivity contribution in [3.63, 3.8) is 0 Å². The topological polar surface area (TPSA) is 83.2 Å². The van der Waals surface area contributed by atoms with E-state index in [1.165, 1.54) is 6.33 Å². The van der Waals surface area contributed by atoms with Gasteiger partial charge in [0.1, 0.15) is 12.1 Å². The van der Waals surface area contributed by atoms with Gasteiger partial charge in [-0.15, -0.1) is 0 Å². The molecule has 90 valence electrons. The minimum absolute atomic E-state index is 0.160. The molecule has 0 saturated carbocycles. The molecule has 2 rings (SSSR count). The molecular weight excluding hydrogens is 228 g/mol. The van der Waals surface area contributed by atoms with Gasteiger partial charge in [0.2, 0.25) is 0 Å². The summed E-state index contributed by atoms with van der Waals surface area (Å²) < 4.78 is 3.68. The van der Waals surface area contributed by atoms with Crippen molar-refractivity contribution in [1.29, 1.82) is 10.5 Å². The average Bonchev–Trinajstić information content (AvgIpc) is 2.95. The van der Waals surface area contributed by atoms with Gasteiger partial charge < -0.3 is 9.13 Å². The second kappa shape index (κ2) is 4.72. The van der Waals surface area contributed by atoms with Crippen LogP contribution in [0.3, 0.4) is 0 Å². The van der Waals surface area contributed by atoms with E-state index in [1.807, 2.05) is 16.7 Å². The molecule has 0 spiro atoms. The van der Waals surface area contributed by atoms with Crippen LogP contribution in [0, 0.1) is 22.7 Å². The van der Waals surface area contributed by atoms with Gasteiger partial charge in [-0.05, 0) is 13.8 Å². The van der Waals surface area contributed by atoms with Crippen molar-refractivity contribution < 1.29 is 0 Å². The van der Waals surface area contributed by atoms with Crippen LogP contribution in [0.15, 0.2) is 18.9 Å². The van der Waals surface area contributed by atoms with Gasteiger partial charge >= 0.3 is 0 Å². The Morgan fingerprint density at radius 3 is 2.67 bits per heavy atom. The lowest BCUT2D eigenvalue weighted by atomic mass is 10.3. The normalized spacial score (nSPS) is 10.3. The Kier molecular flexibility index (Phi) is 3.11. The highest BCUT2D eigenvalue weighted by Crippen LogP contribution is 2.13. The van der Waals surface area contributed by atoms with E-state index in [4.69, 9.17) is 10.5 Å². The molecule has 18 heavy (non-hydrogen) atoms. The van der Waals surface area contributed by atoms with Crippen LogP contribution in [0.25, 0.3) is 0 Å². The average molecular weight is 240 g/mol. The largest absolute Gasteiger partial charge is 0.330 e. The molecule has 6 nitrogen and oxygen atoms in total. The standard InChI is InChI=1S/C12H12N6/c1-9(2)18-7-15-5-10(18)6-17-8-16-11(3-13)12(17)4-14/h5,7-9H,6H2,1-2H3. The third-order valence-electron chi connectivity index (χ3n) is 2.68. The SMILES string of the molecule is CC(C)n1cncc1Cn1cnc(C#N)c1C#N. The van der Waals surface area contributed by atoms with Crippen LogP contribution in [0.1, 0.15) is 37.0 Å². The highest BCUT2D eigenvalue weighted by atomic mass is 15.1. The number of hydrogen-bond donors (Lipinski definition) is 0. The quantitative estimate of drug-likeness (QED) is 0.812. The van der Waals surface area contributed by atoms with Crippen LogP contribution in [0.4, 0.5) is 0 Å². The molecule has 0 aliphatic carbocycles. The van der Waals surface area contributed by atoms with Crippen molar-refractivity contribution in [3.8, 4) is 12.1 Å². The van der Waals surface area contributed by atoms with Crippen LogP contribution in [-0.4, -0.2) is 19.1 Å². The predicted molar refractivity (Wildman–Crippen MR) is 63.4 cm³/mol. The van der Waals surface area contributed by atoms with E-state index in [1.54, 1.807) is 17.1 Å². The minimum atomic E-state index is 0.160. The monoisotopic (exact) mass is 240 g/mol. The van der Waals surface area contributed by atoms with E-state index in [9.17, 15) is 0 Å². The Balaban J connectivity index is 2.36. The molecule has 0 atom stereocenters. The van der Waals surface area contributed by atoms with Crippen molar-refractivity contribution in [2.45, 2.75) is 26.4 Å². The Bertz CT molecular complexity index is 634. The summed E-state index contributed by atoms with van der Waals surface area (Å²) in [5.74, 6) is 0. The van der Waals surface area contributed by atoms with Gasteiger partial charge in [-0.2, -0.15) is 10.5 Å². The highest BCUT2D eigenvalue weighted by Gasteiger charge is 2.12. The lowest BCUT2D eigenvalue weighted by molar-refractivity contribution is 0.560. The first-order valence-corrected chi connectivity index (χ1v) is 5.53. The smallest absolute Gasteiger partial charge is 0.176 e. The van der Waals surface area contributed by atoms with E-state index >= 15 is 0 Å². The Labute approximate surface area is 105 Å². The molecular formula is C12H12N6. The first kappa shape index (κ1) is 11.9. The van der Waals surface area contributed by atoms with Crippen LogP contribution in [0.5, 0.6) is 0 Å². The summed E-state index contributed by atoms with van der Waals surface area (Å²) >= 11 is 0. The molecule has 6 heteroatoms. The summed E-state index contributed by atoms with van der Waals surface area (Å²) in [5, 5.41) is 17.9. The molecule has 2 aromatic rings. The molecule has 0 saturated heterocycles. The maximum absolute atomic E-state index is 9.04. The molecule has 0 aliphatic rings. The molecule has 0 aliphatic heterocycles. The summed E-state index contributed by atoms with van der Waals surface area (Å²) in [7, 11) is 0. The molecule has 2 aromatic heterocycles. The fourth-order valence-electron chi connectivity index (χ4n) is 1.80. The van der Waals surface area contributed by atoms with Gasteiger partial charge in [0.25, 0.3) is 0 Å². The second-order valence-corrected chi connectivity index (χ2v) is 4.18. The van der Waals surface area contributed by atoms with Crippen molar-refractivity contribution in [1.82, 2.24) is 19.1 Å².